The Balaban J connectivity index is 1.93. The van der Waals surface area contributed by atoms with Gasteiger partial charge in [0.2, 0.25) is 5.91 Å². The fourth-order valence-corrected chi connectivity index (χ4v) is 2.98. The van der Waals surface area contributed by atoms with E-state index in [2.05, 4.69) is 23.8 Å². The largest absolute Gasteiger partial charge is 0.343 e. The van der Waals surface area contributed by atoms with E-state index in [4.69, 9.17) is 0 Å². The zero-order valence-electron chi connectivity index (χ0n) is 15.7. The van der Waals surface area contributed by atoms with Gasteiger partial charge in [0.05, 0.1) is 11.9 Å². The van der Waals surface area contributed by atoms with Crippen LogP contribution in [-0.4, -0.2) is 57.8 Å². The Morgan fingerprint density at radius 3 is 2.52 bits per heavy atom. The molecule has 25 heavy (non-hydrogen) atoms. The molecule has 2 rings (SSSR count). The molecule has 1 saturated heterocycles. The minimum atomic E-state index is -0.138. The maximum absolute atomic E-state index is 12.7. The lowest BCUT2D eigenvalue weighted by atomic mass is 9.99. The van der Waals surface area contributed by atoms with Crippen molar-refractivity contribution in [3.8, 4) is 0 Å². The van der Waals surface area contributed by atoms with Gasteiger partial charge in [0.1, 0.15) is 5.69 Å². The molecular formula is C19H30N4O2. The summed E-state index contributed by atoms with van der Waals surface area (Å²) < 4.78 is 0. The van der Waals surface area contributed by atoms with E-state index in [-0.39, 0.29) is 11.8 Å². The molecule has 0 aliphatic carbocycles. The summed E-state index contributed by atoms with van der Waals surface area (Å²) >= 11 is 0. The summed E-state index contributed by atoms with van der Waals surface area (Å²) in [7, 11) is 0. The predicted molar refractivity (Wildman–Crippen MR) is 97.2 cm³/mol. The van der Waals surface area contributed by atoms with E-state index in [1.807, 2.05) is 11.8 Å². The van der Waals surface area contributed by atoms with E-state index in [0.717, 1.165) is 44.5 Å². The number of piperidine rings is 1. The second kappa shape index (κ2) is 9.49. The van der Waals surface area contributed by atoms with Crippen molar-refractivity contribution in [3.05, 3.63) is 23.8 Å². The number of hydrogen-bond acceptors (Lipinski definition) is 4. The summed E-state index contributed by atoms with van der Waals surface area (Å²) in [5.41, 5.74) is 1.13. The summed E-state index contributed by atoms with van der Waals surface area (Å²) in [6.45, 7) is 8.94. The summed E-state index contributed by atoms with van der Waals surface area (Å²) in [6.07, 6.45) is 7.56. The van der Waals surface area contributed by atoms with Crippen LogP contribution >= 0.6 is 0 Å². The molecule has 0 aromatic carbocycles. The molecular weight excluding hydrogens is 316 g/mol. The molecule has 2 amide bonds. The second-order valence-electron chi connectivity index (χ2n) is 7.00. The first-order valence-electron chi connectivity index (χ1n) is 9.37. The van der Waals surface area contributed by atoms with Crippen molar-refractivity contribution in [2.75, 3.05) is 26.2 Å². The van der Waals surface area contributed by atoms with Gasteiger partial charge in [-0.15, -0.1) is 0 Å². The third-order valence-electron chi connectivity index (χ3n) is 4.80. The summed E-state index contributed by atoms with van der Waals surface area (Å²) in [5.74, 6) is 0.712. The highest BCUT2D eigenvalue weighted by molar-refractivity contribution is 5.92. The van der Waals surface area contributed by atoms with E-state index in [1.165, 1.54) is 6.20 Å². The molecule has 1 aliphatic rings. The predicted octanol–water partition coefficient (Wildman–Crippen LogP) is 2.68. The van der Waals surface area contributed by atoms with Crippen LogP contribution in [0.1, 0.15) is 62.1 Å². The number of unbranched alkanes of at least 4 members (excludes halogenated alkanes) is 1. The first-order valence-corrected chi connectivity index (χ1v) is 9.37. The number of aromatic nitrogens is 2. The Labute approximate surface area is 150 Å². The SMILES string of the molecule is CCCCN(CCC(=O)N1CCC(C)CC1)C(=O)c1cnc(C)cn1. The monoisotopic (exact) mass is 346 g/mol. The van der Waals surface area contributed by atoms with Crippen molar-refractivity contribution in [1.82, 2.24) is 19.8 Å². The molecule has 0 unspecified atom stereocenters. The van der Waals surface area contributed by atoms with Crippen molar-refractivity contribution < 1.29 is 9.59 Å². The molecule has 2 heterocycles. The maximum Gasteiger partial charge on any atom is 0.274 e. The lowest BCUT2D eigenvalue weighted by Gasteiger charge is -2.31. The van der Waals surface area contributed by atoms with Gasteiger partial charge in [-0.2, -0.15) is 0 Å². The molecule has 0 N–H and O–H groups in total. The number of aryl methyl sites for hydroxylation is 1. The lowest BCUT2D eigenvalue weighted by Crippen LogP contribution is -2.41. The number of amides is 2. The number of carbonyl (C=O) groups is 2. The minimum Gasteiger partial charge on any atom is -0.343 e. The van der Waals surface area contributed by atoms with Gasteiger partial charge in [0.15, 0.2) is 0 Å². The highest BCUT2D eigenvalue weighted by atomic mass is 16.2. The third-order valence-corrected chi connectivity index (χ3v) is 4.80. The standard InChI is InChI=1S/C19H30N4O2/c1-4-5-9-23(19(25)17-14-20-16(3)13-21-17)12-8-18(24)22-10-6-15(2)7-11-22/h13-15H,4-12H2,1-3H3. The Morgan fingerprint density at radius 2 is 1.92 bits per heavy atom. The summed E-state index contributed by atoms with van der Waals surface area (Å²) in [4.78, 5) is 37.2. The van der Waals surface area contributed by atoms with Crippen LogP contribution in [0.4, 0.5) is 0 Å². The quantitative estimate of drug-likeness (QED) is 0.761. The van der Waals surface area contributed by atoms with Crippen LogP contribution in [-0.2, 0) is 4.79 Å². The van der Waals surface area contributed by atoms with Crippen LogP contribution < -0.4 is 0 Å². The zero-order valence-corrected chi connectivity index (χ0v) is 15.7. The molecule has 1 aromatic rings. The van der Waals surface area contributed by atoms with E-state index >= 15 is 0 Å². The molecule has 0 radical (unpaired) electrons. The topological polar surface area (TPSA) is 66.4 Å². The fraction of sp³-hybridized carbons (Fsp3) is 0.684. The highest BCUT2D eigenvalue weighted by Gasteiger charge is 2.22. The molecule has 1 aromatic heterocycles. The Bertz CT molecular complexity index is 565. The zero-order chi connectivity index (χ0) is 18.2. The average Bonchev–Trinajstić information content (AvgIpc) is 2.62. The van der Waals surface area contributed by atoms with Gasteiger partial charge in [0, 0.05) is 38.8 Å². The molecule has 138 valence electrons. The van der Waals surface area contributed by atoms with Crippen LogP contribution in [0.3, 0.4) is 0 Å². The van der Waals surface area contributed by atoms with Crippen LogP contribution in [0, 0.1) is 12.8 Å². The summed E-state index contributed by atoms with van der Waals surface area (Å²) in [6, 6.07) is 0. The van der Waals surface area contributed by atoms with Gasteiger partial charge < -0.3 is 9.80 Å². The fourth-order valence-electron chi connectivity index (χ4n) is 2.98. The smallest absolute Gasteiger partial charge is 0.274 e. The number of likely N-dealkylation sites (tertiary alicyclic amines) is 1. The van der Waals surface area contributed by atoms with Gasteiger partial charge in [-0.25, -0.2) is 4.98 Å². The van der Waals surface area contributed by atoms with Gasteiger partial charge in [0.25, 0.3) is 5.91 Å². The number of carbonyl (C=O) groups excluding carboxylic acids is 2. The van der Waals surface area contributed by atoms with Crippen molar-refractivity contribution in [1.29, 1.82) is 0 Å². The molecule has 1 fully saturated rings. The van der Waals surface area contributed by atoms with Crippen molar-refractivity contribution in [2.45, 2.75) is 52.9 Å². The van der Waals surface area contributed by atoms with E-state index in [0.29, 0.717) is 31.1 Å². The number of hydrogen-bond donors (Lipinski definition) is 0. The van der Waals surface area contributed by atoms with Crippen LogP contribution in [0.25, 0.3) is 0 Å². The molecule has 0 bridgehead atoms. The molecule has 6 heteroatoms. The van der Waals surface area contributed by atoms with Gasteiger partial charge in [-0.1, -0.05) is 20.3 Å². The van der Waals surface area contributed by atoms with E-state index in [9.17, 15) is 9.59 Å². The van der Waals surface area contributed by atoms with Crippen molar-refractivity contribution in [3.63, 3.8) is 0 Å². The Hall–Kier alpha value is -1.98. The molecule has 0 atom stereocenters. The average molecular weight is 346 g/mol. The third kappa shape index (κ3) is 5.80. The van der Waals surface area contributed by atoms with Crippen LogP contribution in [0.15, 0.2) is 12.4 Å². The molecule has 1 aliphatic heterocycles. The van der Waals surface area contributed by atoms with E-state index < -0.39 is 0 Å². The lowest BCUT2D eigenvalue weighted by molar-refractivity contribution is -0.132. The van der Waals surface area contributed by atoms with Crippen LogP contribution in [0.2, 0.25) is 0 Å². The highest BCUT2D eigenvalue weighted by Crippen LogP contribution is 2.17. The maximum atomic E-state index is 12.7. The normalized spacial score (nSPS) is 15.2. The summed E-state index contributed by atoms with van der Waals surface area (Å²) in [5, 5.41) is 0. The van der Waals surface area contributed by atoms with Crippen molar-refractivity contribution >= 4 is 11.8 Å². The van der Waals surface area contributed by atoms with Crippen LogP contribution in [0.5, 0.6) is 0 Å². The van der Waals surface area contributed by atoms with Gasteiger partial charge in [-0.3, -0.25) is 14.6 Å². The van der Waals surface area contributed by atoms with Gasteiger partial charge in [-0.05, 0) is 32.1 Å². The Morgan fingerprint density at radius 1 is 1.20 bits per heavy atom. The molecule has 0 saturated carbocycles. The van der Waals surface area contributed by atoms with Crippen molar-refractivity contribution in [2.24, 2.45) is 5.92 Å². The molecule has 6 nitrogen and oxygen atoms in total. The first-order chi connectivity index (χ1) is 12.0. The van der Waals surface area contributed by atoms with Gasteiger partial charge >= 0.3 is 0 Å². The first kappa shape index (κ1) is 19.3. The number of rotatable bonds is 7. The second-order valence-corrected chi connectivity index (χ2v) is 7.00. The Kier molecular flexibility index (Phi) is 7.34. The number of nitrogens with zero attached hydrogens (tertiary/aromatic N) is 4. The molecule has 0 spiro atoms. The van der Waals surface area contributed by atoms with E-state index in [1.54, 1.807) is 11.1 Å². The minimum absolute atomic E-state index is 0.138.